The minimum absolute atomic E-state index is 0.0273. The first-order chi connectivity index (χ1) is 7.49. The van der Waals surface area contributed by atoms with Gasteiger partial charge < -0.3 is 16.2 Å². The lowest BCUT2D eigenvalue weighted by Gasteiger charge is -2.08. The number of nitrogens with zero attached hydrogens (tertiary/aromatic N) is 1. The van der Waals surface area contributed by atoms with Crippen LogP contribution < -0.4 is 11.1 Å². The number of carbonyl (C=O) groups excluding carboxylic acids is 1. The first-order valence-electron chi connectivity index (χ1n) is 4.70. The lowest BCUT2D eigenvalue weighted by Crippen LogP contribution is -2.29. The molecule has 7 heteroatoms. The molecule has 0 spiro atoms. The Balaban J connectivity index is 2.38. The van der Waals surface area contributed by atoms with Crippen molar-refractivity contribution < 1.29 is 14.7 Å². The van der Waals surface area contributed by atoms with E-state index < -0.39 is 5.97 Å². The van der Waals surface area contributed by atoms with Crippen LogP contribution in [0.2, 0.25) is 0 Å². The highest BCUT2D eigenvalue weighted by Gasteiger charge is 2.12. The summed E-state index contributed by atoms with van der Waals surface area (Å²) in [7, 11) is 0. The van der Waals surface area contributed by atoms with Crippen LogP contribution in [0.25, 0.3) is 0 Å². The van der Waals surface area contributed by atoms with Crippen LogP contribution in [0, 0.1) is 5.92 Å². The van der Waals surface area contributed by atoms with Gasteiger partial charge in [0.05, 0.1) is 0 Å². The molecule has 1 heterocycles. The molecule has 88 valence electrons. The number of carboxylic acids is 1. The number of nitrogen functional groups attached to an aromatic ring is 1. The van der Waals surface area contributed by atoms with E-state index in [0.717, 1.165) is 0 Å². The quantitative estimate of drug-likeness (QED) is 0.701. The standard InChI is InChI=1S/C9H13N3O3S/c1-5(2-7(13)14)3-11-8(15)6-4-16-9(10)12-6/h4-5H,2-3H2,1H3,(H2,10,12)(H,11,15)(H,13,14). The summed E-state index contributed by atoms with van der Waals surface area (Å²) in [5.41, 5.74) is 5.66. The number of amides is 1. The third kappa shape index (κ3) is 3.85. The number of aromatic nitrogens is 1. The molecule has 0 saturated heterocycles. The van der Waals surface area contributed by atoms with Gasteiger partial charge >= 0.3 is 5.97 Å². The van der Waals surface area contributed by atoms with E-state index in [1.807, 2.05) is 0 Å². The van der Waals surface area contributed by atoms with Gasteiger partial charge in [-0.1, -0.05) is 6.92 Å². The van der Waals surface area contributed by atoms with Crippen molar-refractivity contribution in [3.05, 3.63) is 11.1 Å². The van der Waals surface area contributed by atoms with Crippen molar-refractivity contribution in [2.24, 2.45) is 5.92 Å². The van der Waals surface area contributed by atoms with Gasteiger partial charge in [-0.05, 0) is 5.92 Å². The highest BCUT2D eigenvalue weighted by Crippen LogP contribution is 2.10. The molecule has 0 aliphatic heterocycles. The van der Waals surface area contributed by atoms with E-state index in [1.54, 1.807) is 12.3 Å². The summed E-state index contributed by atoms with van der Waals surface area (Å²) in [6, 6.07) is 0. The number of rotatable bonds is 5. The van der Waals surface area contributed by atoms with E-state index in [1.165, 1.54) is 11.3 Å². The average molecular weight is 243 g/mol. The molecule has 0 bridgehead atoms. The second-order valence-corrected chi connectivity index (χ2v) is 4.37. The van der Waals surface area contributed by atoms with Gasteiger partial charge in [-0.25, -0.2) is 4.98 Å². The van der Waals surface area contributed by atoms with Crippen LogP contribution in [0.3, 0.4) is 0 Å². The van der Waals surface area contributed by atoms with E-state index >= 15 is 0 Å². The minimum Gasteiger partial charge on any atom is -0.481 e. The fraction of sp³-hybridized carbons (Fsp3) is 0.444. The molecule has 0 saturated carbocycles. The number of hydrogen-bond donors (Lipinski definition) is 3. The van der Waals surface area contributed by atoms with Gasteiger partial charge in [0.2, 0.25) is 0 Å². The van der Waals surface area contributed by atoms with Gasteiger partial charge in [0, 0.05) is 18.3 Å². The molecular weight excluding hydrogens is 230 g/mol. The molecule has 1 aromatic rings. The molecular formula is C9H13N3O3S. The zero-order valence-electron chi connectivity index (χ0n) is 8.77. The number of hydrogen-bond acceptors (Lipinski definition) is 5. The third-order valence-electron chi connectivity index (χ3n) is 1.89. The minimum atomic E-state index is -0.875. The monoisotopic (exact) mass is 243 g/mol. The predicted molar refractivity (Wildman–Crippen MR) is 60.3 cm³/mol. The largest absolute Gasteiger partial charge is 0.481 e. The Morgan fingerprint density at radius 1 is 1.69 bits per heavy atom. The summed E-state index contributed by atoms with van der Waals surface area (Å²) < 4.78 is 0. The zero-order valence-corrected chi connectivity index (χ0v) is 9.58. The summed E-state index contributed by atoms with van der Waals surface area (Å²) in [5, 5.41) is 13.0. The van der Waals surface area contributed by atoms with Crippen molar-refractivity contribution in [2.45, 2.75) is 13.3 Å². The van der Waals surface area contributed by atoms with Crippen LogP contribution in [-0.4, -0.2) is 28.5 Å². The fourth-order valence-corrected chi connectivity index (χ4v) is 1.66. The summed E-state index contributed by atoms with van der Waals surface area (Å²) in [5.74, 6) is -1.32. The number of thiazole rings is 1. The van der Waals surface area contributed by atoms with Crippen molar-refractivity contribution >= 4 is 28.3 Å². The zero-order chi connectivity index (χ0) is 12.1. The normalized spacial score (nSPS) is 12.1. The molecule has 0 aliphatic rings. The molecule has 0 aliphatic carbocycles. The van der Waals surface area contributed by atoms with Crippen molar-refractivity contribution in [3.63, 3.8) is 0 Å². The van der Waals surface area contributed by atoms with Crippen LogP contribution in [0.1, 0.15) is 23.8 Å². The smallest absolute Gasteiger partial charge is 0.303 e. The molecule has 0 fully saturated rings. The van der Waals surface area contributed by atoms with E-state index in [0.29, 0.717) is 11.7 Å². The van der Waals surface area contributed by atoms with E-state index in [2.05, 4.69) is 10.3 Å². The van der Waals surface area contributed by atoms with Gasteiger partial charge in [-0.2, -0.15) is 0 Å². The molecule has 1 atom stereocenters. The first kappa shape index (κ1) is 12.4. The summed E-state index contributed by atoms with van der Waals surface area (Å²) in [6.45, 7) is 2.06. The topological polar surface area (TPSA) is 105 Å². The molecule has 1 aromatic heterocycles. The Morgan fingerprint density at radius 3 is 2.88 bits per heavy atom. The van der Waals surface area contributed by atoms with Gasteiger partial charge in [0.15, 0.2) is 5.13 Å². The number of anilines is 1. The van der Waals surface area contributed by atoms with Crippen LogP contribution in [0.15, 0.2) is 5.38 Å². The molecule has 1 unspecified atom stereocenters. The summed E-state index contributed by atoms with van der Waals surface area (Å²) >= 11 is 1.19. The van der Waals surface area contributed by atoms with Gasteiger partial charge in [0.1, 0.15) is 5.69 Å². The van der Waals surface area contributed by atoms with E-state index in [-0.39, 0.29) is 23.9 Å². The maximum absolute atomic E-state index is 11.5. The van der Waals surface area contributed by atoms with Crippen molar-refractivity contribution in [3.8, 4) is 0 Å². The Hall–Kier alpha value is -1.63. The Bertz CT molecular complexity index is 391. The first-order valence-corrected chi connectivity index (χ1v) is 5.58. The number of carbonyl (C=O) groups is 2. The highest BCUT2D eigenvalue weighted by molar-refractivity contribution is 7.13. The van der Waals surface area contributed by atoms with Gasteiger partial charge in [0.25, 0.3) is 5.91 Å². The number of aliphatic carboxylic acids is 1. The molecule has 1 amide bonds. The van der Waals surface area contributed by atoms with Gasteiger partial charge in [-0.3, -0.25) is 9.59 Å². The molecule has 16 heavy (non-hydrogen) atoms. The number of carboxylic acid groups (broad SMARTS) is 1. The predicted octanol–water partition coefficient (Wildman–Crippen LogP) is 0.566. The molecule has 0 aromatic carbocycles. The maximum Gasteiger partial charge on any atom is 0.303 e. The average Bonchev–Trinajstić information content (AvgIpc) is 2.60. The maximum atomic E-state index is 11.5. The summed E-state index contributed by atoms with van der Waals surface area (Å²) in [4.78, 5) is 25.7. The van der Waals surface area contributed by atoms with Crippen molar-refractivity contribution in [1.82, 2.24) is 10.3 Å². The van der Waals surface area contributed by atoms with Crippen LogP contribution in [0.5, 0.6) is 0 Å². The van der Waals surface area contributed by atoms with Gasteiger partial charge in [-0.15, -0.1) is 11.3 Å². The number of nitrogens with two attached hydrogens (primary N) is 1. The SMILES string of the molecule is CC(CNC(=O)c1csc(N)n1)CC(=O)O. The lowest BCUT2D eigenvalue weighted by atomic mass is 10.1. The Labute approximate surface area is 96.5 Å². The molecule has 6 nitrogen and oxygen atoms in total. The second kappa shape index (κ2) is 5.45. The Kier molecular flexibility index (Phi) is 4.24. The Morgan fingerprint density at radius 2 is 2.38 bits per heavy atom. The lowest BCUT2D eigenvalue weighted by molar-refractivity contribution is -0.137. The van der Waals surface area contributed by atoms with Crippen molar-refractivity contribution in [2.75, 3.05) is 12.3 Å². The highest BCUT2D eigenvalue weighted by atomic mass is 32.1. The second-order valence-electron chi connectivity index (χ2n) is 3.48. The van der Waals surface area contributed by atoms with E-state index in [9.17, 15) is 9.59 Å². The third-order valence-corrected chi connectivity index (χ3v) is 2.56. The molecule has 4 N–H and O–H groups in total. The number of nitrogens with one attached hydrogen (secondary N) is 1. The van der Waals surface area contributed by atoms with Crippen molar-refractivity contribution in [1.29, 1.82) is 0 Å². The fourth-order valence-electron chi connectivity index (χ4n) is 1.12. The van der Waals surface area contributed by atoms with Crippen LogP contribution in [0.4, 0.5) is 5.13 Å². The van der Waals surface area contributed by atoms with Crippen LogP contribution >= 0.6 is 11.3 Å². The molecule has 1 rings (SSSR count). The van der Waals surface area contributed by atoms with E-state index in [4.69, 9.17) is 10.8 Å². The van der Waals surface area contributed by atoms with Crippen LogP contribution in [-0.2, 0) is 4.79 Å². The summed E-state index contributed by atoms with van der Waals surface area (Å²) in [6.07, 6.45) is 0.0273. The molecule has 0 radical (unpaired) electrons.